The molecule has 0 bridgehead atoms. The first-order valence-electron chi connectivity index (χ1n) is 4.05. The van der Waals surface area contributed by atoms with Crippen molar-refractivity contribution in [2.75, 3.05) is 0 Å². The van der Waals surface area contributed by atoms with E-state index in [1.807, 2.05) is 13.8 Å². The predicted octanol–water partition coefficient (Wildman–Crippen LogP) is 0.675. The van der Waals surface area contributed by atoms with Crippen molar-refractivity contribution in [1.29, 1.82) is 0 Å². The van der Waals surface area contributed by atoms with E-state index in [0.29, 0.717) is 0 Å². The van der Waals surface area contributed by atoms with Crippen molar-refractivity contribution in [2.24, 2.45) is 11.7 Å². The van der Waals surface area contributed by atoms with Gasteiger partial charge in [-0.3, -0.25) is 4.79 Å². The third-order valence-corrected chi connectivity index (χ3v) is 1.86. The van der Waals surface area contributed by atoms with E-state index in [4.69, 9.17) is 10.5 Å². The Bertz CT molecular complexity index is 150. The number of carbonyl (C=O) groups excluding carboxylic acids is 1. The molecule has 1 aliphatic carbocycles. The van der Waals surface area contributed by atoms with Crippen molar-refractivity contribution in [3.8, 4) is 0 Å². The normalized spacial score (nSPS) is 29.8. The van der Waals surface area contributed by atoms with Crippen LogP contribution < -0.4 is 5.73 Å². The van der Waals surface area contributed by atoms with E-state index in [2.05, 4.69) is 0 Å². The minimum atomic E-state index is -0.0818. The van der Waals surface area contributed by atoms with Gasteiger partial charge in [0.15, 0.2) is 0 Å². The van der Waals surface area contributed by atoms with E-state index < -0.39 is 0 Å². The number of hydrogen-bond donors (Lipinski definition) is 1. The molecule has 1 rings (SSSR count). The molecule has 1 fully saturated rings. The van der Waals surface area contributed by atoms with Gasteiger partial charge in [-0.05, 0) is 26.7 Å². The summed E-state index contributed by atoms with van der Waals surface area (Å²) in [7, 11) is 0. The highest BCUT2D eigenvalue weighted by Gasteiger charge is 2.33. The van der Waals surface area contributed by atoms with Gasteiger partial charge in [0.1, 0.15) is 0 Å². The van der Waals surface area contributed by atoms with Gasteiger partial charge in [-0.15, -0.1) is 0 Å². The standard InChI is InChI=1S/C8H15NO2/c1-5(2)11-8(10)6-3-7(9)4-6/h5-7H,3-4,9H2,1-2H3. The van der Waals surface area contributed by atoms with Gasteiger partial charge in [-0.2, -0.15) is 0 Å². The third-order valence-electron chi connectivity index (χ3n) is 1.86. The first kappa shape index (κ1) is 8.53. The predicted molar refractivity (Wildman–Crippen MR) is 41.9 cm³/mol. The summed E-state index contributed by atoms with van der Waals surface area (Å²) in [5.41, 5.74) is 5.53. The van der Waals surface area contributed by atoms with Gasteiger partial charge >= 0.3 is 5.97 Å². The topological polar surface area (TPSA) is 52.3 Å². The third kappa shape index (κ3) is 2.19. The SMILES string of the molecule is CC(C)OC(=O)C1CC(N)C1. The fraction of sp³-hybridized carbons (Fsp3) is 0.875. The molecule has 2 N–H and O–H groups in total. The highest BCUT2D eigenvalue weighted by atomic mass is 16.5. The summed E-state index contributed by atoms with van der Waals surface area (Å²) in [6, 6.07) is 0.222. The van der Waals surface area contributed by atoms with Crippen LogP contribution in [-0.4, -0.2) is 18.1 Å². The van der Waals surface area contributed by atoms with Gasteiger partial charge < -0.3 is 10.5 Å². The van der Waals surface area contributed by atoms with E-state index in [9.17, 15) is 4.79 Å². The highest BCUT2D eigenvalue weighted by molar-refractivity contribution is 5.73. The molecule has 0 unspecified atom stereocenters. The second kappa shape index (κ2) is 3.22. The number of rotatable bonds is 2. The monoisotopic (exact) mass is 157 g/mol. The smallest absolute Gasteiger partial charge is 0.309 e. The van der Waals surface area contributed by atoms with E-state index in [-0.39, 0.29) is 24.0 Å². The second-order valence-corrected chi connectivity index (χ2v) is 3.41. The maximum atomic E-state index is 11.1. The zero-order valence-electron chi connectivity index (χ0n) is 7.04. The Balaban J connectivity index is 2.21. The lowest BCUT2D eigenvalue weighted by atomic mass is 9.81. The molecule has 3 nitrogen and oxygen atoms in total. The molecule has 0 saturated heterocycles. The molecule has 0 aromatic rings. The molecule has 0 radical (unpaired) electrons. The largest absolute Gasteiger partial charge is 0.463 e. The van der Waals surface area contributed by atoms with Gasteiger partial charge in [0, 0.05) is 6.04 Å². The average Bonchev–Trinajstić information content (AvgIpc) is 1.79. The second-order valence-electron chi connectivity index (χ2n) is 3.41. The molecular weight excluding hydrogens is 142 g/mol. The molecule has 0 aliphatic heterocycles. The summed E-state index contributed by atoms with van der Waals surface area (Å²) in [5, 5.41) is 0. The Labute approximate surface area is 66.9 Å². The quantitative estimate of drug-likeness (QED) is 0.599. The molecule has 1 aliphatic rings. The first-order chi connectivity index (χ1) is 5.09. The van der Waals surface area contributed by atoms with Crippen LogP contribution in [0.1, 0.15) is 26.7 Å². The van der Waals surface area contributed by atoms with Gasteiger partial charge in [0.05, 0.1) is 12.0 Å². The zero-order chi connectivity index (χ0) is 8.43. The molecule has 0 spiro atoms. The Morgan fingerprint density at radius 2 is 2.09 bits per heavy atom. The Kier molecular flexibility index (Phi) is 2.49. The molecule has 0 aromatic carbocycles. The van der Waals surface area contributed by atoms with Gasteiger partial charge in [-0.1, -0.05) is 0 Å². The van der Waals surface area contributed by atoms with Gasteiger partial charge in [-0.25, -0.2) is 0 Å². The number of ether oxygens (including phenoxy) is 1. The summed E-state index contributed by atoms with van der Waals surface area (Å²) in [6.45, 7) is 3.72. The number of carbonyl (C=O) groups is 1. The highest BCUT2D eigenvalue weighted by Crippen LogP contribution is 2.26. The fourth-order valence-corrected chi connectivity index (χ4v) is 1.18. The molecule has 0 amide bonds. The van der Waals surface area contributed by atoms with Crippen LogP contribution in [0.2, 0.25) is 0 Å². The maximum Gasteiger partial charge on any atom is 0.309 e. The molecule has 1 saturated carbocycles. The van der Waals surface area contributed by atoms with Crippen molar-refractivity contribution >= 4 is 5.97 Å². The Morgan fingerprint density at radius 1 is 1.55 bits per heavy atom. The van der Waals surface area contributed by atoms with E-state index >= 15 is 0 Å². The molecule has 0 heterocycles. The van der Waals surface area contributed by atoms with Crippen molar-refractivity contribution in [2.45, 2.75) is 38.8 Å². The molecule has 0 aromatic heterocycles. The lowest BCUT2D eigenvalue weighted by molar-refractivity contribution is -0.155. The average molecular weight is 157 g/mol. The van der Waals surface area contributed by atoms with E-state index in [1.165, 1.54) is 0 Å². The van der Waals surface area contributed by atoms with Crippen LogP contribution in [0.25, 0.3) is 0 Å². The van der Waals surface area contributed by atoms with Crippen LogP contribution >= 0.6 is 0 Å². The summed E-state index contributed by atoms with van der Waals surface area (Å²) in [5.74, 6) is -0.00546. The van der Waals surface area contributed by atoms with Crippen LogP contribution in [0.3, 0.4) is 0 Å². The summed E-state index contributed by atoms with van der Waals surface area (Å²) in [4.78, 5) is 11.1. The minimum Gasteiger partial charge on any atom is -0.463 e. The van der Waals surface area contributed by atoms with E-state index in [0.717, 1.165) is 12.8 Å². The Morgan fingerprint density at radius 3 is 2.45 bits per heavy atom. The first-order valence-corrected chi connectivity index (χ1v) is 4.05. The zero-order valence-corrected chi connectivity index (χ0v) is 7.04. The van der Waals surface area contributed by atoms with Crippen LogP contribution in [-0.2, 0) is 9.53 Å². The van der Waals surface area contributed by atoms with Gasteiger partial charge in [0.2, 0.25) is 0 Å². The van der Waals surface area contributed by atoms with Crippen LogP contribution in [0.15, 0.2) is 0 Å². The number of hydrogen-bond acceptors (Lipinski definition) is 3. The van der Waals surface area contributed by atoms with Crippen LogP contribution in [0.5, 0.6) is 0 Å². The lowest BCUT2D eigenvalue weighted by Crippen LogP contribution is -2.41. The summed E-state index contributed by atoms with van der Waals surface area (Å²) >= 11 is 0. The van der Waals surface area contributed by atoms with Crippen LogP contribution in [0, 0.1) is 5.92 Å². The molecule has 11 heavy (non-hydrogen) atoms. The molecule has 0 atom stereocenters. The van der Waals surface area contributed by atoms with Crippen molar-refractivity contribution < 1.29 is 9.53 Å². The van der Waals surface area contributed by atoms with Crippen molar-refractivity contribution in [3.63, 3.8) is 0 Å². The fourth-order valence-electron chi connectivity index (χ4n) is 1.18. The Hall–Kier alpha value is -0.570. The maximum absolute atomic E-state index is 11.1. The van der Waals surface area contributed by atoms with Crippen LogP contribution in [0.4, 0.5) is 0 Å². The molecular formula is C8H15NO2. The summed E-state index contributed by atoms with van der Waals surface area (Å²) < 4.78 is 5.01. The summed E-state index contributed by atoms with van der Waals surface area (Å²) in [6.07, 6.45) is 1.59. The minimum absolute atomic E-state index is 0.000625. The van der Waals surface area contributed by atoms with E-state index in [1.54, 1.807) is 0 Å². The van der Waals surface area contributed by atoms with Crippen molar-refractivity contribution in [1.82, 2.24) is 0 Å². The number of esters is 1. The molecule has 64 valence electrons. The van der Waals surface area contributed by atoms with Gasteiger partial charge in [0.25, 0.3) is 0 Å². The van der Waals surface area contributed by atoms with Crippen molar-refractivity contribution in [3.05, 3.63) is 0 Å². The molecule has 3 heteroatoms. The lowest BCUT2D eigenvalue weighted by Gasteiger charge is -2.30. The number of nitrogens with two attached hydrogens (primary N) is 1.